The molecule has 0 spiro atoms. The summed E-state index contributed by atoms with van der Waals surface area (Å²) < 4.78 is 0. The van der Waals surface area contributed by atoms with Crippen molar-refractivity contribution in [3.8, 4) is 0 Å². The first kappa shape index (κ1) is 11.0. The third-order valence-electron chi connectivity index (χ3n) is 1.96. The maximum atomic E-state index is 11.7. The van der Waals surface area contributed by atoms with Crippen molar-refractivity contribution in [2.24, 2.45) is 0 Å². The van der Waals surface area contributed by atoms with E-state index < -0.39 is 0 Å². The van der Waals surface area contributed by atoms with Gasteiger partial charge in [-0.25, -0.2) is 4.79 Å². The molecule has 0 aliphatic rings. The number of nitrogens with zero attached hydrogens (tertiary/aromatic N) is 2. The summed E-state index contributed by atoms with van der Waals surface area (Å²) in [5.41, 5.74) is 0. The van der Waals surface area contributed by atoms with E-state index in [1.165, 1.54) is 4.88 Å². The molecule has 2 amide bonds. The summed E-state index contributed by atoms with van der Waals surface area (Å²) in [7, 11) is 3.55. The molecule has 0 unspecified atom stereocenters. The first-order valence-corrected chi connectivity index (χ1v) is 5.51. The topological polar surface area (TPSA) is 23.6 Å². The van der Waals surface area contributed by atoms with Gasteiger partial charge in [0.2, 0.25) is 0 Å². The number of rotatable bonds is 3. The molecule has 0 bridgehead atoms. The Hall–Kier alpha value is -1.03. The number of hydrogen-bond acceptors (Lipinski definition) is 2. The number of thiophene rings is 1. The van der Waals surface area contributed by atoms with E-state index in [4.69, 9.17) is 0 Å². The summed E-state index contributed by atoms with van der Waals surface area (Å²) >= 11 is 1.68. The van der Waals surface area contributed by atoms with Crippen molar-refractivity contribution < 1.29 is 4.79 Å². The predicted octanol–water partition coefficient (Wildman–Crippen LogP) is 2.25. The highest BCUT2D eigenvalue weighted by Gasteiger charge is 2.13. The fourth-order valence-electron chi connectivity index (χ4n) is 1.19. The third kappa shape index (κ3) is 2.73. The van der Waals surface area contributed by atoms with Gasteiger partial charge in [0.05, 0.1) is 6.54 Å². The average Bonchev–Trinajstić information content (AvgIpc) is 2.65. The zero-order chi connectivity index (χ0) is 10.6. The van der Waals surface area contributed by atoms with Crippen LogP contribution in [0.3, 0.4) is 0 Å². The standard InChI is InChI=1S/C10H16N2OS/c1-4-12(10(13)11(2)3)8-9-6-5-7-14-9/h5-7H,4,8H2,1-3H3. The molecule has 0 atom stereocenters. The number of amides is 2. The van der Waals surface area contributed by atoms with Gasteiger partial charge in [0.1, 0.15) is 0 Å². The Balaban J connectivity index is 2.60. The van der Waals surface area contributed by atoms with Crippen LogP contribution in [0.2, 0.25) is 0 Å². The van der Waals surface area contributed by atoms with Crippen molar-refractivity contribution in [3.05, 3.63) is 22.4 Å². The first-order valence-electron chi connectivity index (χ1n) is 4.63. The van der Waals surface area contributed by atoms with E-state index in [0.717, 1.165) is 6.54 Å². The smallest absolute Gasteiger partial charge is 0.319 e. The maximum absolute atomic E-state index is 11.7. The van der Waals surface area contributed by atoms with E-state index in [1.54, 1.807) is 30.3 Å². The van der Waals surface area contributed by atoms with Crippen molar-refractivity contribution in [3.63, 3.8) is 0 Å². The molecule has 78 valence electrons. The lowest BCUT2D eigenvalue weighted by molar-refractivity contribution is 0.171. The largest absolute Gasteiger partial charge is 0.331 e. The molecular weight excluding hydrogens is 196 g/mol. The van der Waals surface area contributed by atoms with Gasteiger partial charge >= 0.3 is 6.03 Å². The minimum atomic E-state index is 0.0703. The zero-order valence-corrected chi connectivity index (χ0v) is 9.67. The lowest BCUT2D eigenvalue weighted by atomic mass is 10.4. The Labute approximate surface area is 88.9 Å². The molecule has 1 aromatic heterocycles. The van der Waals surface area contributed by atoms with Gasteiger partial charge in [-0.05, 0) is 18.4 Å². The Kier molecular flexibility index (Phi) is 3.95. The molecule has 0 radical (unpaired) electrons. The van der Waals surface area contributed by atoms with Crippen LogP contribution < -0.4 is 0 Å². The Morgan fingerprint density at radius 1 is 1.50 bits per heavy atom. The Morgan fingerprint density at radius 3 is 2.64 bits per heavy atom. The summed E-state index contributed by atoms with van der Waals surface area (Å²) in [6, 6.07) is 4.13. The van der Waals surface area contributed by atoms with Crippen LogP contribution in [0, 0.1) is 0 Å². The molecule has 0 aliphatic heterocycles. The van der Waals surface area contributed by atoms with E-state index in [1.807, 2.05) is 23.3 Å². The molecule has 0 N–H and O–H groups in total. The minimum absolute atomic E-state index is 0.0703. The van der Waals surface area contributed by atoms with E-state index in [-0.39, 0.29) is 6.03 Å². The molecule has 3 nitrogen and oxygen atoms in total. The first-order chi connectivity index (χ1) is 6.65. The number of hydrogen-bond donors (Lipinski definition) is 0. The van der Waals surface area contributed by atoms with Crippen LogP contribution in [0.1, 0.15) is 11.8 Å². The molecule has 4 heteroatoms. The second kappa shape index (κ2) is 5.00. The molecule has 0 aliphatic carbocycles. The summed E-state index contributed by atoms with van der Waals surface area (Å²) in [4.78, 5) is 16.3. The second-order valence-electron chi connectivity index (χ2n) is 3.27. The van der Waals surface area contributed by atoms with Gasteiger partial charge in [0.15, 0.2) is 0 Å². The van der Waals surface area contributed by atoms with Crippen molar-refractivity contribution in [1.82, 2.24) is 9.80 Å². The van der Waals surface area contributed by atoms with Crippen LogP contribution in [0.15, 0.2) is 17.5 Å². The van der Waals surface area contributed by atoms with Crippen LogP contribution >= 0.6 is 11.3 Å². The van der Waals surface area contributed by atoms with Gasteiger partial charge in [-0.15, -0.1) is 11.3 Å². The fraction of sp³-hybridized carbons (Fsp3) is 0.500. The zero-order valence-electron chi connectivity index (χ0n) is 8.86. The van der Waals surface area contributed by atoms with Crippen LogP contribution in [0.4, 0.5) is 4.79 Å². The monoisotopic (exact) mass is 212 g/mol. The highest BCUT2D eigenvalue weighted by Crippen LogP contribution is 2.12. The van der Waals surface area contributed by atoms with Gasteiger partial charge in [-0.1, -0.05) is 6.07 Å². The molecule has 0 fully saturated rings. The SMILES string of the molecule is CCN(Cc1cccs1)C(=O)N(C)C. The highest BCUT2D eigenvalue weighted by molar-refractivity contribution is 7.09. The number of urea groups is 1. The maximum Gasteiger partial charge on any atom is 0.319 e. The molecular formula is C10H16N2OS. The van der Waals surface area contributed by atoms with Gasteiger partial charge < -0.3 is 9.80 Å². The lowest BCUT2D eigenvalue weighted by Crippen LogP contribution is -2.38. The molecule has 14 heavy (non-hydrogen) atoms. The van der Waals surface area contributed by atoms with Crippen molar-refractivity contribution in [2.45, 2.75) is 13.5 Å². The average molecular weight is 212 g/mol. The lowest BCUT2D eigenvalue weighted by Gasteiger charge is -2.24. The van der Waals surface area contributed by atoms with E-state index in [9.17, 15) is 4.79 Å². The van der Waals surface area contributed by atoms with Crippen LogP contribution in [0.5, 0.6) is 0 Å². The minimum Gasteiger partial charge on any atom is -0.331 e. The quantitative estimate of drug-likeness (QED) is 0.754. The van der Waals surface area contributed by atoms with Crippen LogP contribution in [-0.2, 0) is 6.54 Å². The highest BCUT2D eigenvalue weighted by atomic mass is 32.1. The van der Waals surface area contributed by atoms with Gasteiger partial charge in [-0.3, -0.25) is 0 Å². The van der Waals surface area contributed by atoms with Crippen LogP contribution in [0.25, 0.3) is 0 Å². The van der Waals surface area contributed by atoms with Crippen molar-refractivity contribution in [2.75, 3.05) is 20.6 Å². The normalized spacial score (nSPS) is 9.93. The Morgan fingerprint density at radius 2 is 2.21 bits per heavy atom. The second-order valence-corrected chi connectivity index (χ2v) is 4.30. The van der Waals surface area contributed by atoms with Gasteiger partial charge in [0, 0.05) is 25.5 Å². The van der Waals surface area contributed by atoms with Crippen molar-refractivity contribution in [1.29, 1.82) is 0 Å². The molecule has 1 aromatic rings. The molecule has 0 aromatic carbocycles. The third-order valence-corrected chi connectivity index (χ3v) is 2.82. The molecule has 1 heterocycles. The summed E-state index contributed by atoms with van der Waals surface area (Å²) in [6.45, 7) is 3.45. The van der Waals surface area contributed by atoms with E-state index in [0.29, 0.717) is 6.54 Å². The predicted molar refractivity (Wildman–Crippen MR) is 59.5 cm³/mol. The summed E-state index contributed by atoms with van der Waals surface area (Å²) in [6.07, 6.45) is 0. The number of carbonyl (C=O) groups is 1. The summed E-state index contributed by atoms with van der Waals surface area (Å²) in [5.74, 6) is 0. The number of carbonyl (C=O) groups excluding carboxylic acids is 1. The van der Waals surface area contributed by atoms with Crippen molar-refractivity contribution >= 4 is 17.4 Å². The fourth-order valence-corrected chi connectivity index (χ4v) is 1.91. The molecule has 0 saturated heterocycles. The molecule has 1 rings (SSSR count). The van der Waals surface area contributed by atoms with E-state index in [2.05, 4.69) is 6.07 Å². The summed E-state index contributed by atoms with van der Waals surface area (Å²) in [5, 5.41) is 2.03. The van der Waals surface area contributed by atoms with Gasteiger partial charge in [-0.2, -0.15) is 0 Å². The van der Waals surface area contributed by atoms with Gasteiger partial charge in [0.25, 0.3) is 0 Å². The van der Waals surface area contributed by atoms with Crippen LogP contribution in [-0.4, -0.2) is 36.5 Å². The Bertz CT molecular complexity index is 282. The van der Waals surface area contributed by atoms with E-state index >= 15 is 0 Å². The molecule has 0 saturated carbocycles.